The Kier molecular flexibility index (Phi) is 3.12. The van der Waals surface area contributed by atoms with Crippen LogP contribution in [0.4, 0.5) is 8.78 Å². The SMILES string of the molecule is Cc1cc(CCC=O)c(F)cc1F. The number of carbonyl (C=O) groups excluding carboxylic acids is 1. The summed E-state index contributed by atoms with van der Waals surface area (Å²) in [5, 5.41) is 0. The first-order valence-corrected chi connectivity index (χ1v) is 4.03. The molecule has 0 aromatic heterocycles. The van der Waals surface area contributed by atoms with E-state index < -0.39 is 11.6 Å². The number of halogens is 2. The van der Waals surface area contributed by atoms with Gasteiger partial charge in [-0.15, -0.1) is 0 Å². The summed E-state index contributed by atoms with van der Waals surface area (Å²) in [5.41, 5.74) is 0.799. The molecule has 0 N–H and O–H groups in total. The van der Waals surface area contributed by atoms with E-state index in [9.17, 15) is 13.6 Å². The maximum Gasteiger partial charge on any atom is 0.129 e. The summed E-state index contributed by atoms with van der Waals surface area (Å²) in [7, 11) is 0. The van der Waals surface area contributed by atoms with E-state index in [2.05, 4.69) is 0 Å². The third kappa shape index (κ3) is 2.34. The summed E-state index contributed by atoms with van der Waals surface area (Å²) in [4.78, 5) is 10.0. The minimum absolute atomic E-state index is 0.266. The van der Waals surface area contributed by atoms with Gasteiger partial charge >= 0.3 is 0 Å². The monoisotopic (exact) mass is 184 g/mol. The normalized spacial score (nSPS) is 10.1. The third-order valence-corrected chi connectivity index (χ3v) is 1.86. The fourth-order valence-electron chi connectivity index (χ4n) is 1.12. The molecule has 3 heteroatoms. The molecule has 0 bridgehead atoms. The lowest BCUT2D eigenvalue weighted by atomic mass is 10.1. The molecule has 0 saturated heterocycles. The highest BCUT2D eigenvalue weighted by Gasteiger charge is 2.06. The van der Waals surface area contributed by atoms with E-state index in [1.165, 1.54) is 6.07 Å². The average molecular weight is 184 g/mol. The fourth-order valence-corrected chi connectivity index (χ4v) is 1.12. The molecule has 0 heterocycles. The summed E-state index contributed by atoms with van der Waals surface area (Å²) in [6, 6.07) is 2.30. The molecule has 1 aromatic rings. The number of rotatable bonds is 3. The second-order valence-corrected chi connectivity index (χ2v) is 2.90. The van der Waals surface area contributed by atoms with Crippen molar-refractivity contribution in [2.45, 2.75) is 19.8 Å². The van der Waals surface area contributed by atoms with E-state index in [-0.39, 0.29) is 6.42 Å². The van der Waals surface area contributed by atoms with E-state index in [1.807, 2.05) is 0 Å². The van der Waals surface area contributed by atoms with Crippen LogP contribution in [0.25, 0.3) is 0 Å². The first-order chi connectivity index (χ1) is 6.15. The van der Waals surface area contributed by atoms with Gasteiger partial charge in [0.2, 0.25) is 0 Å². The number of carbonyl (C=O) groups is 1. The Bertz CT molecular complexity index is 321. The van der Waals surface area contributed by atoms with Crippen LogP contribution in [-0.4, -0.2) is 6.29 Å². The number of hydrogen-bond donors (Lipinski definition) is 0. The molecule has 13 heavy (non-hydrogen) atoms. The molecule has 0 amide bonds. The molecule has 0 aliphatic heterocycles. The molecule has 1 nitrogen and oxygen atoms in total. The van der Waals surface area contributed by atoms with Crippen molar-refractivity contribution in [1.82, 2.24) is 0 Å². The van der Waals surface area contributed by atoms with Gasteiger partial charge in [-0.2, -0.15) is 0 Å². The summed E-state index contributed by atoms with van der Waals surface area (Å²) in [6.45, 7) is 1.57. The zero-order chi connectivity index (χ0) is 9.84. The Morgan fingerprint density at radius 1 is 1.31 bits per heavy atom. The van der Waals surface area contributed by atoms with Crippen LogP contribution in [0.2, 0.25) is 0 Å². The molecule has 1 aromatic carbocycles. The van der Waals surface area contributed by atoms with Gasteiger partial charge in [0.1, 0.15) is 17.9 Å². The van der Waals surface area contributed by atoms with Gasteiger partial charge in [0.25, 0.3) is 0 Å². The Morgan fingerprint density at radius 3 is 2.62 bits per heavy atom. The molecule has 0 aliphatic rings. The van der Waals surface area contributed by atoms with Crippen molar-refractivity contribution in [3.8, 4) is 0 Å². The highest BCUT2D eigenvalue weighted by Crippen LogP contribution is 2.15. The second-order valence-electron chi connectivity index (χ2n) is 2.90. The zero-order valence-corrected chi connectivity index (χ0v) is 7.31. The molecule has 0 atom stereocenters. The predicted molar refractivity (Wildman–Crippen MR) is 45.5 cm³/mol. The van der Waals surface area contributed by atoms with Gasteiger partial charge in [-0.1, -0.05) is 6.07 Å². The molecule has 0 fully saturated rings. The van der Waals surface area contributed by atoms with Gasteiger partial charge in [0.05, 0.1) is 0 Å². The lowest BCUT2D eigenvalue weighted by Crippen LogP contribution is -1.95. The van der Waals surface area contributed by atoms with Crippen LogP contribution < -0.4 is 0 Å². The molecule has 1 rings (SSSR count). The topological polar surface area (TPSA) is 17.1 Å². The predicted octanol–water partition coefficient (Wildman–Crippen LogP) is 2.40. The molecular formula is C10H10F2O. The largest absolute Gasteiger partial charge is 0.303 e. The van der Waals surface area contributed by atoms with E-state index >= 15 is 0 Å². The molecule has 0 aliphatic carbocycles. The van der Waals surface area contributed by atoms with Gasteiger partial charge in [-0.05, 0) is 24.5 Å². The Morgan fingerprint density at radius 2 is 2.00 bits per heavy atom. The summed E-state index contributed by atoms with van der Waals surface area (Å²) in [6.07, 6.45) is 1.32. The Labute approximate surface area is 75.4 Å². The van der Waals surface area contributed by atoms with Crippen LogP contribution in [0.3, 0.4) is 0 Å². The van der Waals surface area contributed by atoms with Crippen LogP contribution >= 0.6 is 0 Å². The molecular weight excluding hydrogens is 174 g/mol. The van der Waals surface area contributed by atoms with Crippen molar-refractivity contribution in [2.24, 2.45) is 0 Å². The number of hydrogen-bond acceptors (Lipinski definition) is 1. The van der Waals surface area contributed by atoms with E-state index in [4.69, 9.17) is 0 Å². The van der Waals surface area contributed by atoms with Gasteiger partial charge in [0, 0.05) is 12.5 Å². The van der Waals surface area contributed by atoms with Crippen molar-refractivity contribution >= 4 is 6.29 Å². The smallest absolute Gasteiger partial charge is 0.129 e. The summed E-state index contributed by atoms with van der Waals surface area (Å²) >= 11 is 0. The van der Waals surface area contributed by atoms with Crippen LogP contribution in [0.15, 0.2) is 12.1 Å². The van der Waals surface area contributed by atoms with Crippen molar-refractivity contribution in [1.29, 1.82) is 0 Å². The summed E-state index contributed by atoms with van der Waals surface area (Å²) < 4.78 is 25.8. The first kappa shape index (κ1) is 9.84. The van der Waals surface area contributed by atoms with Crippen LogP contribution in [0.5, 0.6) is 0 Å². The van der Waals surface area contributed by atoms with Gasteiger partial charge < -0.3 is 4.79 Å². The fraction of sp³-hybridized carbons (Fsp3) is 0.300. The van der Waals surface area contributed by atoms with Gasteiger partial charge in [-0.25, -0.2) is 8.78 Å². The second kappa shape index (κ2) is 4.12. The number of aldehydes is 1. The molecule has 0 unspecified atom stereocenters. The highest BCUT2D eigenvalue weighted by atomic mass is 19.1. The quantitative estimate of drug-likeness (QED) is 0.659. The standard InChI is InChI=1S/C10H10F2O/c1-7-5-8(3-2-4-13)10(12)6-9(7)11/h4-6H,2-3H2,1H3. The van der Waals surface area contributed by atoms with Gasteiger partial charge in [0.15, 0.2) is 0 Å². The first-order valence-electron chi connectivity index (χ1n) is 4.03. The van der Waals surface area contributed by atoms with Crippen LogP contribution in [-0.2, 0) is 11.2 Å². The van der Waals surface area contributed by atoms with E-state index in [1.54, 1.807) is 6.92 Å². The van der Waals surface area contributed by atoms with Crippen molar-refractivity contribution < 1.29 is 13.6 Å². The molecule has 0 saturated carbocycles. The van der Waals surface area contributed by atoms with E-state index in [0.29, 0.717) is 17.5 Å². The lowest BCUT2D eigenvalue weighted by Gasteiger charge is -2.03. The van der Waals surface area contributed by atoms with Gasteiger partial charge in [-0.3, -0.25) is 0 Å². The third-order valence-electron chi connectivity index (χ3n) is 1.86. The maximum atomic E-state index is 13.0. The average Bonchev–Trinajstić information content (AvgIpc) is 2.09. The minimum Gasteiger partial charge on any atom is -0.303 e. The zero-order valence-electron chi connectivity index (χ0n) is 7.31. The number of aryl methyl sites for hydroxylation is 2. The lowest BCUT2D eigenvalue weighted by molar-refractivity contribution is -0.107. The summed E-state index contributed by atoms with van der Waals surface area (Å²) in [5.74, 6) is -1.13. The van der Waals surface area contributed by atoms with Crippen LogP contribution in [0, 0.1) is 18.6 Å². The number of benzene rings is 1. The molecule has 0 radical (unpaired) electrons. The highest BCUT2D eigenvalue weighted by molar-refractivity contribution is 5.50. The minimum atomic E-state index is -0.579. The van der Waals surface area contributed by atoms with Crippen molar-refractivity contribution in [3.05, 3.63) is 34.9 Å². The molecule has 0 spiro atoms. The molecule has 70 valence electrons. The van der Waals surface area contributed by atoms with Crippen molar-refractivity contribution in [2.75, 3.05) is 0 Å². The Balaban J connectivity index is 2.94. The van der Waals surface area contributed by atoms with Crippen molar-refractivity contribution in [3.63, 3.8) is 0 Å². The maximum absolute atomic E-state index is 13.0. The van der Waals surface area contributed by atoms with E-state index in [0.717, 1.165) is 12.4 Å². The Hall–Kier alpha value is -1.25. The van der Waals surface area contributed by atoms with Crippen LogP contribution in [0.1, 0.15) is 17.5 Å².